The number of nitrogens with zero attached hydrogens (tertiary/aromatic N) is 3. The van der Waals surface area contributed by atoms with E-state index in [2.05, 4.69) is 14.7 Å². The second kappa shape index (κ2) is 4.75. The summed E-state index contributed by atoms with van der Waals surface area (Å²) in [7, 11) is -1.89. The first kappa shape index (κ1) is 12.5. The Morgan fingerprint density at radius 1 is 1.39 bits per heavy atom. The molecule has 0 aliphatic carbocycles. The Hall–Kier alpha value is -1.93. The molecule has 0 bridgehead atoms. The predicted octanol–water partition coefficient (Wildman–Crippen LogP) is -0.124. The van der Waals surface area contributed by atoms with E-state index in [4.69, 9.17) is 5.73 Å². The standard InChI is InChI=1S/C10H13N5O2S/c1-15-6-5-12-9(15)7-14-18(16,17)8-3-2-4-13-10(8)11/h2-6,14H,7H2,1H3,(H2,11,13). The smallest absolute Gasteiger partial charge is 0.244 e. The summed E-state index contributed by atoms with van der Waals surface area (Å²) in [5, 5.41) is 0. The fourth-order valence-corrected chi connectivity index (χ4v) is 2.49. The van der Waals surface area contributed by atoms with Crippen LogP contribution < -0.4 is 10.5 Å². The molecule has 0 aliphatic heterocycles. The van der Waals surface area contributed by atoms with Gasteiger partial charge in [-0.05, 0) is 12.1 Å². The molecular formula is C10H13N5O2S. The van der Waals surface area contributed by atoms with Crippen molar-refractivity contribution in [2.24, 2.45) is 7.05 Å². The molecule has 7 nitrogen and oxygen atoms in total. The number of pyridine rings is 1. The fraction of sp³-hybridized carbons (Fsp3) is 0.200. The van der Waals surface area contributed by atoms with Crippen LogP contribution in [0.1, 0.15) is 5.82 Å². The Balaban J connectivity index is 2.19. The lowest BCUT2D eigenvalue weighted by Gasteiger charge is -2.08. The highest BCUT2D eigenvalue weighted by Gasteiger charge is 2.18. The Bertz CT molecular complexity index is 650. The molecule has 3 N–H and O–H groups in total. The van der Waals surface area contributed by atoms with Crippen molar-refractivity contribution in [3.63, 3.8) is 0 Å². The zero-order valence-corrected chi connectivity index (χ0v) is 10.6. The first-order valence-corrected chi connectivity index (χ1v) is 6.65. The van der Waals surface area contributed by atoms with Gasteiger partial charge in [-0.25, -0.2) is 23.1 Å². The van der Waals surface area contributed by atoms with Crippen LogP contribution in [0.5, 0.6) is 0 Å². The van der Waals surface area contributed by atoms with Gasteiger partial charge >= 0.3 is 0 Å². The molecule has 2 rings (SSSR count). The number of aryl methyl sites for hydroxylation is 1. The van der Waals surface area contributed by atoms with Crippen LogP contribution in [0.15, 0.2) is 35.6 Å². The predicted molar refractivity (Wildman–Crippen MR) is 65.9 cm³/mol. The van der Waals surface area contributed by atoms with Crippen LogP contribution in [0.3, 0.4) is 0 Å². The molecule has 96 valence electrons. The molecule has 0 saturated carbocycles. The third kappa shape index (κ3) is 2.49. The van der Waals surface area contributed by atoms with E-state index in [1.54, 1.807) is 24.0 Å². The van der Waals surface area contributed by atoms with Gasteiger partial charge in [0, 0.05) is 25.6 Å². The zero-order chi connectivity index (χ0) is 13.2. The van der Waals surface area contributed by atoms with Crippen LogP contribution in [0.4, 0.5) is 5.82 Å². The van der Waals surface area contributed by atoms with Crippen molar-refractivity contribution in [3.05, 3.63) is 36.5 Å². The summed E-state index contributed by atoms with van der Waals surface area (Å²) in [6.45, 7) is 0.0974. The maximum atomic E-state index is 12.0. The molecule has 0 unspecified atom stereocenters. The Morgan fingerprint density at radius 3 is 2.78 bits per heavy atom. The number of rotatable bonds is 4. The highest BCUT2D eigenvalue weighted by Crippen LogP contribution is 2.14. The van der Waals surface area contributed by atoms with Gasteiger partial charge < -0.3 is 10.3 Å². The highest BCUT2D eigenvalue weighted by molar-refractivity contribution is 7.89. The minimum absolute atomic E-state index is 0.0233. The van der Waals surface area contributed by atoms with Gasteiger partial charge in [-0.2, -0.15) is 0 Å². The van der Waals surface area contributed by atoms with Gasteiger partial charge in [-0.15, -0.1) is 0 Å². The average molecular weight is 267 g/mol. The number of aromatic nitrogens is 3. The number of hydrogen-bond acceptors (Lipinski definition) is 5. The van der Waals surface area contributed by atoms with Crippen LogP contribution in [0.25, 0.3) is 0 Å². The summed E-state index contributed by atoms with van der Waals surface area (Å²) in [5.74, 6) is 0.589. The van der Waals surface area contributed by atoms with E-state index in [-0.39, 0.29) is 17.3 Å². The molecule has 0 aliphatic rings. The lowest BCUT2D eigenvalue weighted by Crippen LogP contribution is -2.25. The van der Waals surface area contributed by atoms with Gasteiger partial charge in [0.05, 0.1) is 6.54 Å². The van der Waals surface area contributed by atoms with E-state index < -0.39 is 10.0 Å². The number of sulfonamides is 1. The summed E-state index contributed by atoms with van der Waals surface area (Å²) >= 11 is 0. The van der Waals surface area contributed by atoms with Crippen molar-refractivity contribution in [1.29, 1.82) is 0 Å². The summed E-state index contributed by atoms with van der Waals surface area (Å²) < 4.78 is 28.1. The number of nitrogen functional groups attached to an aromatic ring is 1. The van der Waals surface area contributed by atoms with Crippen LogP contribution >= 0.6 is 0 Å². The van der Waals surface area contributed by atoms with E-state index in [1.165, 1.54) is 18.3 Å². The van der Waals surface area contributed by atoms with Crippen LogP contribution in [-0.4, -0.2) is 23.0 Å². The second-order valence-electron chi connectivity index (χ2n) is 3.67. The van der Waals surface area contributed by atoms with Crippen LogP contribution in [0.2, 0.25) is 0 Å². The topological polar surface area (TPSA) is 103 Å². The Kier molecular flexibility index (Phi) is 3.30. The zero-order valence-electron chi connectivity index (χ0n) is 9.74. The normalized spacial score (nSPS) is 11.6. The molecule has 0 spiro atoms. The van der Waals surface area contributed by atoms with Crippen LogP contribution in [-0.2, 0) is 23.6 Å². The van der Waals surface area contributed by atoms with Gasteiger partial charge in [0.25, 0.3) is 0 Å². The molecular weight excluding hydrogens is 254 g/mol. The average Bonchev–Trinajstić information content (AvgIpc) is 2.73. The van der Waals surface area contributed by atoms with E-state index in [0.717, 1.165) is 0 Å². The number of hydrogen-bond donors (Lipinski definition) is 2. The van der Waals surface area contributed by atoms with Gasteiger partial charge in [0.1, 0.15) is 16.5 Å². The quantitative estimate of drug-likeness (QED) is 0.803. The first-order valence-electron chi connectivity index (χ1n) is 5.17. The van der Waals surface area contributed by atoms with Crippen molar-refractivity contribution >= 4 is 15.8 Å². The van der Waals surface area contributed by atoms with Gasteiger partial charge in [-0.3, -0.25) is 0 Å². The molecule has 2 aromatic heterocycles. The lowest BCUT2D eigenvalue weighted by molar-refractivity contribution is 0.577. The summed E-state index contributed by atoms with van der Waals surface area (Å²) in [6, 6.07) is 2.93. The van der Waals surface area contributed by atoms with Crippen LogP contribution in [0, 0.1) is 0 Å². The molecule has 0 radical (unpaired) electrons. The fourth-order valence-electron chi connectivity index (χ4n) is 1.43. The Morgan fingerprint density at radius 2 is 2.17 bits per heavy atom. The van der Waals surface area contributed by atoms with E-state index >= 15 is 0 Å². The number of nitrogens with one attached hydrogen (secondary N) is 1. The van der Waals surface area contributed by atoms with E-state index in [9.17, 15) is 8.42 Å². The molecule has 0 saturated heterocycles. The summed E-state index contributed by atoms with van der Waals surface area (Å²) in [4.78, 5) is 7.74. The van der Waals surface area contributed by atoms with Gasteiger partial charge in [0.2, 0.25) is 10.0 Å². The van der Waals surface area contributed by atoms with Crippen molar-refractivity contribution in [1.82, 2.24) is 19.3 Å². The van der Waals surface area contributed by atoms with Crippen molar-refractivity contribution in [2.75, 3.05) is 5.73 Å². The van der Waals surface area contributed by atoms with E-state index in [0.29, 0.717) is 5.82 Å². The lowest BCUT2D eigenvalue weighted by atomic mass is 10.5. The van der Waals surface area contributed by atoms with Crippen molar-refractivity contribution in [3.8, 4) is 0 Å². The number of nitrogens with two attached hydrogens (primary N) is 1. The minimum atomic E-state index is -3.67. The Labute approximate surface area is 105 Å². The van der Waals surface area contributed by atoms with Crippen molar-refractivity contribution in [2.45, 2.75) is 11.4 Å². The van der Waals surface area contributed by atoms with E-state index in [1.807, 2.05) is 0 Å². The van der Waals surface area contributed by atoms with Gasteiger partial charge in [0.15, 0.2) is 0 Å². The second-order valence-corrected chi connectivity index (χ2v) is 5.40. The molecule has 18 heavy (non-hydrogen) atoms. The summed E-state index contributed by atoms with van der Waals surface area (Å²) in [6.07, 6.45) is 4.78. The third-order valence-corrected chi connectivity index (χ3v) is 3.88. The largest absolute Gasteiger partial charge is 0.383 e. The SMILES string of the molecule is Cn1ccnc1CNS(=O)(=O)c1cccnc1N. The highest BCUT2D eigenvalue weighted by atomic mass is 32.2. The number of anilines is 1. The van der Waals surface area contributed by atoms with Crippen molar-refractivity contribution < 1.29 is 8.42 Å². The summed E-state index contributed by atoms with van der Waals surface area (Å²) in [5.41, 5.74) is 5.53. The molecule has 0 amide bonds. The third-order valence-electron chi connectivity index (χ3n) is 2.43. The molecule has 0 fully saturated rings. The molecule has 0 atom stereocenters. The maximum absolute atomic E-state index is 12.0. The number of imidazole rings is 1. The monoisotopic (exact) mass is 267 g/mol. The molecule has 2 heterocycles. The minimum Gasteiger partial charge on any atom is -0.383 e. The van der Waals surface area contributed by atoms with Gasteiger partial charge in [-0.1, -0.05) is 0 Å². The molecule has 2 aromatic rings. The molecule has 0 aromatic carbocycles. The maximum Gasteiger partial charge on any atom is 0.244 e. The first-order chi connectivity index (χ1) is 8.50. The molecule has 8 heteroatoms.